The molecule has 7 aromatic rings. The van der Waals surface area contributed by atoms with Gasteiger partial charge in [0.1, 0.15) is 66.9 Å². The highest BCUT2D eigenvalue weighted by molar-refractivity contribution is 6.32. The summed E-state index contributed by atoms with van der Waals surface area (Å²) in [5, 5.41) is 41.9. The van der Waals surface area contributed by atoms with Gasteiger partial charge in [0.05, 0.1) is 59.3 Å². The van der Waals surface area contributed by atoms with Gasteiger partial charge in [0.2, 0.25) is 0 Å². The molecule has 3 aromatic heterocycles. The van der Waals surface area contributed by atoms with E-state index in [-0.39, 0.29) is 52.2 Å². The minimum atomic E-state index is -0.996. The lowest BCUT2D eigenvalue weighted by Gasteiger charge is -2.27. The lowest BCUT2D eigenvalue weighted by Crippen LogP contribution is -2.45. The number of aliphatic hydroxyl groups is 1. The number of hydrogen-bond donors (Lipinski definition) is 3. The number of esters is 2. The third-order valence-corrected chi connectivity index (χ3v) is 13.0. The molecule has 0 aliphatic carbocycles. The molecule has 0 aliphatic rings. The summed E-state index contributed by atoms with van der Waals surface area (Å²) in [6.07, 6.45) is 7.67. The van der Waals surface area contributed by atoms with Crippen molar-refractivity contribution < 1.29 is 43.1 Å². The maximum atomic E-state index is 13.5. The van der Waals surface area contributed by atoms with Gasteiger partial charge in [0.25, 0.3) is 0 Å². The lowest BCUT2D eigenvalue weighted by molar-refractivity contribution is -0.160. The Kier molecular flexibility index (Phi) is 20.3. The lowest BCUT2D eigenvalue weighted by atomic mass is 9.94. The van der Waals surface area contributed by atoms with Crippen molar-refractivity contribution in [3.05, 3.63) is 164 Å². The first kappa shape index (κ1) is 60.0. The first-order chi connectivity index (χ1) is 38.1. The molecule has 4 aromatic carbocycles. The number of fused-ring (bicyclic) bond motifs is 1. The van der Waals surface area contributed by atoms with E-state index in [4.69, 9.17) is 56.7 Å². The molecule has 2 atom stereocenters. The molecule has 19 heteroatoms. The molecular formula is C61H66Cl2N8O9. The molecule has 0 unspecified atom stereocenters. The zero-order chi connectivity index (χ0) is 57.7. The van der Waals surface area contributed by atoms with Crippen LogP contribution in [-0.4, -0.2) is 79.4 Å². The molecule has 0 aliphatic heterocycles. The average Bonchev–Trinajstić information content (AvgIpc) is 3.88. The van der Waals surface area contributed by atoms with Crippen LogP contribution in [0.15, 0.2) is 104 Å². The number of aliphatic hydroxyl groups excluding tert-OH is 1. The Hall–Kier alpha value is -7.61. The van der Waals surface area contributed by atoms with Gasteiger partial charge in [-0.05, 0) is 127 Å². The summed E-state index contributed by atoms with van der Waals surface area (Å²) in [4.78, 5) is 34.5. The molecule has 17 nitrogen and oxygen atoms in total. The minimum absolute atomic E-state index is 0.0648. The van der Waals surface area contributed by atoms with Crippen LogP contribution in [0.2, 0.25) is 10.0 Å². The number of aromatic nitrogens is 4. The van der Waals surface area contributed by atoms with Crippen LogP contribution in [0.4, 0.5) is 0 Å². The highest BCUT2D eigenvalue weighted by Crippen LogP contribution is 2.37. The summed E-state index contributed by atoms with van der Waals surface area (Å²) in [7, 11) is 0. The van der Waals surface area contributed by atoms with Crippen molar-refractivity contribution in [3.63, 3.8) is 0 Å². The maximum absolute atomic E-state index is 13.5. The molecule has 0 saturated heterocycles. The Morgan fingerprint density at radius 3 is 1.86 bits per heavy atom. The highest BCUT2D eigenvalue weighted by atomic mass is 35.5. The van der Waals surface area contributed by atoms with Crippen LogP contribution in [0.25, 0.3) is 22.0 Å². The predicted molar refractivity (Wildman–Crippen MR) is 304 cm³/mol. The van der Waals surface area contributed by atoms with E-state index in [9.17, 15) is 25.2 Å². The van der Waals surface area contributed by atoms with Gasteiger partial charge in [-0.25, -0.2) is 0 Å². The fraction of sp³-hybridized carbons (Fsp3) is 0.361. The van der Waals surface area contributed by atoms with Crippen LogP contribution >= 0.6 is 23.2 Å². The number of hydrogen-bond acceptors (Lipinski definition) is 16. The quantitative estimate of drug-likeness (QED) is 0.0478. The summed E-state index contributed by atoms with van der Waals surface area (Å²) in [5.74, 6) is 0.189. The van der Waals surface area contributed by atoms with Crippen molar-refractivity contribution in [1.82, 2.24) is 30.4 Å². The van der Waals surface area contributed by atoms with E-state index in [2.05, 4.69) is 38.8 Å². The third kappa shape index (κ3) is 16.5. The molecule has 0 saturated carbocycles. The molecule has 0 bridgehead atoms. The molecule has 3 heterocycles. The van der Waals surface area contributed by atoms with Crippen LogP contribution in [0.1, 0.15) is 105 Å². The van der Waals surface area contributed by atoms with E-state index in [1.807, 2.05) is 102 Å². The topological polar surface area (TPSA) is 225 Å². The van der Waals surface area contributed by atoms with Crippen LogP contribution in [0.5, 0.6) is 17.2 Å². The molecule has 418 valence electrons. The molecule has 0 fully saturated rings. The minimum Gasteiger partial charge on any atom is -0.489 e. The number of nitriles is 2. The van der Waals surface area contributed by atoms with E-state index in [0.717, 1.165) is 38.7 Å². The van der Waals surface area contributed by atoms with Crippen molar-refractivity contribution >= 4 is 46.0 Å². The van der Waals surface area contributed by atoms with Crippen molar-refractivity contribution in [3.8, 4) is 40.5 Å². The van der Waals surface area contributed by atoms with E-state index >= 15 is 0 Å². The van der Waals surface area contributed by atoms with Crippen molar-refractivity contribution in [1.29, 1.82) is 10.5 Å². The number of pyridine rings is 2. The second kappa shape index (κ2) is 27.0. The van der Waals surface area contributed by atoms with Gasteiger partial charge in [-0.1, -0.05) is 53.5 Å². The second-order valence-corrected chi connectivity index (χ2v) is 22.1. The number of ether oxygens (including phenoxy) is 6. The number of nitrogens with one attached hydrogen (secondary N) is 2. The van der Waals surface area contributed by atoms with E-state index < -0.39 is 41.8 Å². The number of benzene rings is 4. The monoisotopic (exact) mass is 1120 g/mol. The Labute approximate surface area is 476 Å². The Morgan fingerprint density at radius 2 is 1.26 bits per heavy atom. The average molecular weight is 1130 g/mol. The smallest absolute Gasteiger partial charge is 0.326 e. The van der Waals surface area contributed by atoms with E-state index in [0.29, 0.717) is 60.7 Å². The first-order valence-electron chi connectivity index (χ1n) is 26.0. The van der Waals surface area contributed by atoms with Crippen molar-refractivity contribution in [2.75, 3.05) is 13.2 Å². The fourth-order valence-corrected chi connectivity index (χ4v) is 8.89. The van der Waals surface area contributed by atoms with Crippen LogP contribution in [0.3, 0.4) is 0 Å². The Balaban J connectivity index is 1.14. The van der Waals surface area contributed by atoms with Crippen molar-refractivity contribution in [2.24, 2.45) is 0 Å². The van der Waals surface area contributed by atoms with Gasteiger partial charge in [-0.2, -0.15) is 15.6 Å². The van der Waals surface area contributed by atoms with Crippen LogP contribution in [-0.2, 0) is 63.3 Å². The molecule has 0 amide bonds. The number of carbonyl (C=O) groups is 2. The maximum Gasteiger partial charge on any atom is 0.326 e. The normalized spacial score (nSPS) is 12.4. The molecule has 0 spiro atoms. The Bertz CT molecular complexity index is 3410. The number of rotatable bonds is 24. The number of halogens is 2. The van der Waals surface area contributed by atoms with Crippen molar-refractivity contribution in [2.45, 2.75) is 131 Å². The molecule has 0 radical (unpaired) electrons. The SMILES string of the molecule is Cc1c(COc2cc(OCc3cncc(C#N)c3)c(CN[C@@H](CO)C(=O)OC(C)C)cc2Cl)cccc1-c1cccc2c1cnn2Cc1cc(OCc2cncc(C#N)c2)c(CN[C@@H](COC(C)(C)C)C(=O)OC(C)(C)C)cc1Cl. The fourth-order valence-electron chi connectivity index (χ4n) is 8.40. The first-order valence-corrected chi connectivity index (χ1v) is 26.8. The molecule has 7 rings (SSSR count). The predicted octanol–water partition coefficient (Wildman–Crippen LogP) is 10.7. The van der Waals surface area contributed by atoms with Gasteiger partial charge in [-0.3, -0.25) is 34.9 Å². The largest absolute Gasteiger partial charge is 0.489 e. The van der Waals surface area contributed by atoms with Gasteiger partial charge < -0.3 is 33.5 Å². The number of nitrogens with zero attached hydrogens (tertiary/aromatic N) is 6. The number of carbonyl (C=O) groups excluding carboxylic acids is 2. The molecular weight excluding hydrogens is 1060 g/mol. The molecule has 3 N–H and O–H groups in total. The Morgan fingerprint density at radius 1 is 0.675 bits per heavy atom. The second-order valence-electron chi connectivity index (χ2n) is 21.3. The molecule has 80 heavy (non-hydrogen) atoms. The van der Waals surface area contributed by atoms with Crippen LogP contribution in [0, 0.1) is 29.6 Å². The summed E-state index contributed by atoms with van der Waals surface area (Å²) >= 11 is 14.0. The standard InChI is InChI=1S/C61H66Cl2N8O9/c1-37(2)79-58(73)52(32-72)68-28-45-19-51(63)57(21-56(45)76-34-42-17-40(23-65)25-67-27-42)77-35-43-12-10-13-47(38(43)3)48-14-11-15-54-49(48)30-70-71(54)31-46-20-55(75-33-41-16-39(22-64)24-66-26-41)44(18-50(46)62)29-69-53(36-78-60(4,5)6)59(74)80-61(7,8)9/h10-21,24-27,30,37,52-53,68-69,72H,28-29,31-36H2,1-9H3/t52-,53-/m0/s1. The summed E-state index contributed by atoms with van der Waals surface area (Å²) in [6, 6.07) is 24.9. The van der Waals surface area contributed by atoms with Gasteiger partial charge in [0.15, 0.2) is 0 Å². The van der Waals surface area contributed by atoms with E-state index in [1.165, 1.54) is 12.4 Å². The highest BCUT2D eigenvalue weighted by Gasteiger charge is 2.28. The summed E-state index contributed by atoms with van der Waals surface area (Å²) in [5.41, 5.74) is 7.54. The summed E-state index contributed by atoms with van der Waals surface area (Å²) in [6.45, 7) is 17.1. The summed E-state index contributed by atoms with van der Waals surface area (Å²) < 4.78 is 38.2. The van der Waals surface area contributed by atoms with Gasteiger partial charge in [0, 0.05) is 76.6 Å². The zero-order valence-corrected chi connectivity index (χ0v) is 47.9. The van der Waals surface area contributed by atoms with E-state index in [1.54, 1.807) is 50.5 Å². The van der Waals surface area contributed by atoms with Gasteiger partial charge in [-0.15, -0.1) is 0 Å². The third-order valence-electron chi connectivity index (χ3n) is 12.4. The zero-order valence-electron chi connectivity index (χ0n) is 46.4. The van der Waals surface area contributed by atoms with Gasteiger partial charge >= 0.3 is 11.9 Å². The van der Waals surface area contributed by atoms with Crippen LogP contribution < -0.4 is 24.8 Å².